The highest BCUT2D eigenvalue weighted by molar-refractivity contribution is 5.94. The van der Waals surface area contributed by atoms with Crippen LogP contribution < -0.4 is 25.3 Å². The van der Waals surface area contributed by atoms with Gasteiger partial charge in [0, 0.05) is 12.1 Å². The van der Waals surface area contributed by atoms with Crippen LogP contribution in [0.2, 0.25) is 0 Å². The molecule has 1 aliphatic heterocycles. The van der Waals surface area contributed by atoms with E-state index in [0.717, 1.165) is 11.3 Å². The summed E-state index contributed by atoms with van der Waals surface area (Å²) in [5.41, 5.74) is 9.09. The SMILES string of the molecule is Cc1ccc(OCCC(=O)Nc2cc3c(cc2N)OCO3)c(C)c1.Cl. The molecule has 0 aromatic heterocycles. The van der Waals surface area contributed by atoms with Crippen molar-refractivity contribution in [3.63, 3.8) is 0 Å². The van der Waals surface area contributed by atoms with E-state index in [1.807, 2.05) is 32.0 Å². The molecule has 1 aliphatic rings. The highest BCUT2D eigenvalue weighted by Gasteiger charge is 2.17. The number of fused-ring (bicyclic) bond motifs is 1. The maximum Gasteiger partial charge on any atom is 0.231 e. The lowest BCUT2D eigenvalue weighted by Crippen LogP contribution is -2.16. The lowest BCUT2D eigenvalue weighted by molar-refractivity contribution is -0.116. The Kier molecular flexibility index (Phi) is 5.98. The fourth-order valence-electron chi connectivity index (χ4n) is 2.49. The third kappa shape index (κ3) is 4.48. The standard InChI is InChI=1S/C18H20N2O4.ClH/c1-11-3-4-15(12(2)7-11)22-6-5-18(21)20-14-9-17-16(8-13(14)19)23-10-24-17;/h3-4,7-9H,5-6,10,19H2,1-2H3,(H,20,21);1H. The van der Waals surface area contributed by atoms with Gasteiger partial charge in [-0.3, -0.25) is 4.79 Å². The van der Waals surface area contributed by atoms with Crippen LogP contribution in [0.3, 0.4) is 0 Å². The molecule has 0 saturated heterocycles. The first-order chi connectivity index (χ1) is 11.5. The number of hydrogen-bond acceptors (Lipinski definition) is 5. The first kappa shape index (κ1) is 18.7. The Balaban J connectivity index is 0.00000225. The summed E-state index contributed by atoms with van der Waals surface area (Å²) in [6, 6.07) is 9.25. The Morgan fingerprint density at radius 3 is 2.64 bits per heavy atom. The molecule has 2 aromatic rings. The van der Waals surface area contributed by atoms with Gasteiger partial charge in [-0.15, -0.1) is 12.4 Å². The van der Waals surface area contributed by atoms with Crippen LogP contribution in [0.4, 0.5) is 11.4 Å². The zero-order valence-corrected chi connectivity index (χ0v) is 14.9. The lowest BCUT2D eigenvalue weighted by Gasteiger charge is -2.11. The monoisotopic (exact) mass is 364 g/mol. The van der Waals surface area contributed by atoms with Gasteiger partial charge in [-0.25, -0.2) is 0 Å². The van der Waals surface area contributed by atoms with E-state index < -0.39 is 0 Å². The van der Waals surface area contributed by atoms with E-state index in [2.05, 4.69) is 5.32 Å². The van der Waals surface area contributed by atoms with Crippen molar-refractivity contribution in [2.45, 2.75) is 20.3 Å². The predicted molar refractivity (Wildman–Crippen MR) is 98.9 cm³/mol. The fraction of sp³-hybridized carbons (Fsp3) is 0.278. The number of carbonyl (C=O) groups excluding carboxylic acids is 1. The second-order valence-electron chi connectivity index (χ2n) is 5.71. The Morgan fingerprint density at radius 2 is 1.92 bits per heavy atom. The molecule has 6 nitrogen and oxygen atoms in total. The lowest BCUT2D eigenvalue weighted by atomic mass is 10.1. The molecule has 0 aliphatic carbocycles. The smallest absolute Gasteiger partial charge is 0.231 e. The van der Waals surface area contributed by atoms with Crippen LogP contribution in [0.1, 0.15) is 17.5 Å². The maximum absolute atomic E-state index is 12.1. The molecule has 1 amide bonds. The van der Waals surface area contributed by atoms with Crippen LogP contribution in [0.5, 0.6) is 17.2 Å². The summed E-state index contributed by atoms with van der Waals surface area (Å²) in [6.45, 7) is 4.46. The van der Waals surface area contributed by atoms with E-state index in [0.29, 0.717) is 29.5 Å². The van der Waals surface area contributed by atoms with E-state index in [4.69, 9.17) is 19.9 Å². The number of benzene rings is 2. The molecule has 3 rings (SSSR count). The summed E-state index contributed by atoms with van der Waals surface area (Å²) in [5.74, 6) is 1.77. The fourth-order valence-corrected chi connectivity index (χ4v) is 2.49. The van der Waals surface area contributed by atoms with Gasteiger partial charge in [0.2, 0.25) is 12.7 Å². The number of ether oxygens (including phenoxy) is 3. The van der Waals surface area contributed by atoms with Gasteiger partial charge in [0.15, 0.2) is 11.5 Å². The van der Waals surface area contributed by atoms with Crippen molar-refractivity contribution >= 4 is 29.7 Å². The summed E-state index contributed by atoms with van der Waals surface area (Å²) < 4.78 is 16.2. The molecule has 1 heterocycles. The molecular weight excluding hydrogens is 344 g/mol. The van der Waals surface area contributed by atoms with E-state index in [1.54, 1.807) is 12.1 Å². The van der Waals surface area contributed by atoms with Gasteiger partial charge in [-0.05, 0) is 25.5 Å². The molecule has 0 fully saturated rings. The molecule has 0 unspecified atom stereocenters. The molecule has 2 aromatic carbocycles. The summed E-state index contributed by atoms with van der Waals surface area (Å²) in [7, 11) is 0. The summed E-state index contributed by atoms with van der Waals surface area (Å²) in [5, 5.41) is 2.77. The first-order valence-corrected chi connectivity index (χ1v) is 7.72. The highest BCUT2D eigenvalue weighted by Crippen LogP contribution is 2.38. The van der Waals surface area contributed by atoms with Gasteiger partial charge in [0.1, 0.15) is 5.75 Å². The Hall–Kier alpha value is -2.60. The minimum atomic E-state index is -0.176. The van der Waals surface area contributed by atoms with Gasteiger partial charge < -0.3 is 25.3 Å². The zero-order valence-electron chi connectivity index (χ0n) is 14.1. The number of hydrogen-bond donors (Lipinski definition) is 2. The normalized spacial score (nSPS) is 11.6. The number of anilines is 2. The maximum atomic E-state index is 12.1. The summed E-state index contributed by atoms with van der Waals surface area (Å²) >= 11 is 0. The number of nitrogens with two attached hydrogens (primary N) is 1. The van der Waals surface area contributed by atoms with Crippen LogP contribution in [0.15, 0.2) is 30.3 Å². The van der Waals surface area contributed by atoms with Crippen molar-refractivity contribution in [3.05, 3.63) is 41.5 Å². The Bertz CT molecular complexity index is 780. The average Bonchev–Trinajstić information content (AvgIpc) is 2.97. The molecule has 0 atom stereocenters. The third-order valence-electron chi connectivity index (χ3n) is 3.74. The number of carbonyl (C=O) groups is 1. The van der Waals surface area contributed by atoms with Gasteiger partial charge >= 0.3 is 0 Å². The van der Waals surface area contributed by atoms with Crippen molar-refractivity contribution in [1.29, 1.82) is 0 Å². The number of nitrogen functional groups attached to an aromatic ring is 1. The number of halogens is 1. The van der Waals surface area contributed by atoms with Gasteiger partial charge in [-0.2, -0.15) is 0 Å². The van der Waals surface area contributed by atoms with Crippen LogP contribution in [0.25, 0.3) is 0 Å². The molecule has 7 heteroatoms. The molecule has 0 spiro atoms. The minimum absolute atomic E-state index is 0. The second kappa shape index (κ2) is 7.98. The van der Waals surface area contributed by atoms with Gasteiger partial charge in [0.25, 0.3) is 0 Å². The Morgan fingerprint density at radius 1 is 1.20 bits per heavy atom. The van der Waals surface area contributed by atoms with Gasteiger partial charge in [-0.1, -0.05) is 17.7 Å². The van der Waals surface area contributed by atoms with Crippen molar-refractivity contribution < 1.29 is 19.0 Å². The van der Waals surface area contributed by atoms with Crippen molar-refractivity contribution in [3.8, 4) is 17.2 Å². The van der Waals surface area contributed by atoms with Crippen LogP contribution in [-0.2, 0) is 4.79 Å². The number of nitrogens with one attached hydrogen (secondary N) is 1. The molecule has 134 valence electrons. The summed E-state index contributed by atoms with van der Waals surface area (Å²) in [4.78, 5) is 12.1. The van der Waals surface area contributed by atoms with Crippen molar-refractivity contribution in [1.82, 2.24) is 0 Å². The minimum Gasteiger partial charge on any atom is -0.493 e. The predicted octanol–water partition coefficient (Wildman–Crippen LogP) is 3.44. The molecule has 0 saturated carbocycles. The van der Waals surface area contributed by atoms with E-state index in [1.165, 1.54) is 5.56 Å². The number of amides is 1. The van der Waals surface area contributed by atoms with Gasteiger partial charge in [0.05, 0.1) is 24.4 Å². The zero-order chi connectivity index (χ0) is 17.1. The number of rotatable bonds is 5. The summed E-state index contributed by atoms with van der Waals surface area (Å²) in [6.07, 6.45) is 0.223. The van der Waals surface area contributed by atoms with Crippen LogP contribution >= 0.6 is 12.4 Å². The first-order valence-electron chi connectivity index (χ1n) is 7.72. The van der Waals surface area contributed by atoms with Crippen LogP contribution in [0, 0.1) is 13.8 Å². The molecule has 0 radical (unpaired) electrons. The number of aryl methyl sites for hydroxylation is 2. The molecule has 0 bridgehead atoms. The largest absolute Gasteiger partial charge is 0.493 e. The second-order valence-corrected chi connectivity index (χ2v) is 5.71. The molecule has 25 heavy (non-hydrogen) atoms. The van der Waals surface area contributed by atoms with E-state index >= 15 is 0 Å². The van der Waals surface area contributed by atoms with E-state index in [9.17, 15) is 4.79 Å². The molecule has 3 N–H and O–H groups in total. The quantitative estimate of drug-likeness (QED) is 0.794. The van der Waals surface area contributed by atoms with Crippen molar-refractivity contribution in [2.24, 2.45) is 0 Å². The molecular formula is C18H21ClN2O4. The topological polar surface area (TPSA) is 82.8 Å². The average molecular weight is 365 g/mol. The Labute approximate surface area is 152 Å². The van der Waals surface area contributed by atoms with E-state index in [-0.39, 0.29) is 31.5 Å². The van der Waals surface area contributed by atoms with Crippen LogP contribution in [-0.4, -0.2) is 19.3 Å². The highest BCUT2D eigenvalue weighted by atomic mass is 35.5. The van der Waals surface area contributed by atoms with Crippen molar-refractivity contribution in [2.75, 3.05) is 24.5 Å². The third-order valence-corrected chi connectivity index (χ3v) is 3.74.